The number of esters is 1. The zero-order chi connectivity index (χ0) is 20.0. The Balaban J connectivity index is 1.97. The summed E-state index contributed by atoms with van der Waals surface area (Å²) < 4.78 is 33.7. The number of halogens is 2. The van der Waals surface area contributed by atoms with Gasteiger partial charge in [0.25, 0.3) is 5.91 Å². The van der Waals surface area contributed by atoms with Crippen molar-refractivity contribution in [1.29, 1.82) is 0 Å². The summed E-state index contributed by atoms with van der Waals surface area (Å²) in [7, 11) is 0. The first-order chi connectivity index (χ1) is 12.8. The molecule has 0 fully saturated rings. The van der Waals surface area contributed by atoms with Crippen molar-refractivity contribution >= 4 is 23.5 Å². The summed E-state index contributed by atoms with van der Waals surface area (Å²) in [6, 6.07) is 10.8. The largest absolute Gasteiger partial charge is 0.449 e. The highest BCUT2D eigenvalue weighted by atomic mass is 19.3. The monoisotopic (exact) mass is 378 g/mol. The molecular weight excluding hydrogens is 362 g/mol. The van der Waals surface area contributed by atoms with Crippen molar-refractivity contribution in [3.05, 3.63) is 59.7 Å². The van der Waals surface area contributed by atoms with E-state index in [-0.39, 0.29) is 16.9 Å². The highest BCUT2D eigenvalue weighted by Crippen LogP contribution is 2.17. The molecule has 142 valence electrons. The molecule has 0 aliphatic rings. The first-order valence-electron chi connectivity index (χ1n) is 7.73. The Labute approximate surface area is 153 Å². The quantitative estimate of drug-likeness (QED) is 0.720. The Kier molecular flexibility index (Phi) is 6.42. The van der Waals surface area contributed by atoms with Gasteiger partial charge in [0.1, 0.15) is 5.75 Å². The number of ether oxygens (including phenoxy) is 2. The highest BCUT2D eigenvalue weighted by molar-refractivity contribution is 5.98. The van der Waals surface area contributed by atoms with Gasteiger partial charge in [0, 0.05) is 11.3 Å². The normalized spacial score (nSPS) is 11.6. The van der Waals surface area contributed by atoms with Crippen LogP contribution in [0, 0.1) is 0 Å². The molecule has 1 atom stereocenters. The lowest BCUT2D eigenvalue weighted by Crippen LogP contribution is -2.30. The number of amides is 2. The van der Waals surface area contributed by atoms with Crippen molar-refractivity contribution in [3.8, 4) is 5.75 Å². The number of rotatable bonds is 7. The molecule has 27 heavy (non-hydrogen) atoms. The minimum Gasteiger partial charge on any atom is -0.449 e. The minimum atomic E-state index is -3.03. The Morgan fingerprint density at radius 2 is 1.70 bits per heavy atom. The second-order valence-corrected chi connectivity index (χ2v) is 5.38. The Morgan fingerprint density at radius 1 is 1.04 bits per heavy atom. The van der Waals surface area contributed by atoms with Crippen LogP contribution in [0.3, 0.4) is 0 Å². The van der Waals surface area contributed by atoms with Crippen molar-refractivity contribution in [2.24, 2.45) is 5.73 Å². The smallest absolute Gasteiger partial charge is 0.387 e. The summed E-state index contributed by atoms with van der Waals surface area (Å²) in [6.07, 6.45) is -1.16. The fraction of sp³-hybridized carbons (Fsp3) is 0.167. The molecule has 9 heteroatoms. The predicted molar refractivity (Wildman–Crippen MR) is 91.5 cm³/mol. The molecule has 0 aliphatic carbocycles. The average Bonchev–Trinajstić information content (AvgIpc) is 2.61. The van der Waals surface area contributed by atoms with Crippen molar-refractivity contribution in [3.63, 3.8) is 0 Å². The van der Waals surface area contributed by atoms with E-state index in [1.807, 2.05) is 0 Å². The third-order valence-corrected chi connectivity index (χ3v) is 3.38. The maximum absolute atomic E-state index is 12.2. The fourth-order valence-electron chi connectivity index (χ4n) is 2.04. The third-order valence-electron chi connectivity index (χ3n) is 3.38. The molecule has 2 aromatic rings. The number of hydrogen-bond donors (Lipinski definition) is 2. The van der Waals surface area contributed by atoms with Gasteiger partial charge < -0.3 is 20.5 Å². The molecule has 2 amide bonds. The van der Waals surface area contributed by atoms with Crippen LogP contribution < -0.4 is 15.8 Å². The van der Waals surface area contributed by atoms with Crippen molar-refractivity contribution in [2.45, 2.75) is 19.6 Å². The van der Waals surface area contributed by atoms with Gasteiger partial charge in [-0.25, -0.2) is 4.79 Å². The van der Waals surface area contributed by atoms with Gasteiger partial charge >= 0.3 is 12.6 Å². The SMILES string of the molecule is C[C@@H](OC(=O)c1cccc(OC(F)F)c1)C(=O)Nc1ccc(C(N)=O)cc1. The van der Waals surface area contributed by atoms with E-state index in [0.717, 1.165) is 6.07 Å². The zero-order valence-electron chi connectivity index (χ0n) is 14.1. The van der Waals surface area contributed by atoms with Gasteiger partial charge in [-0.05, 0) is 49.4 Å². The molecule has 0 aromatic heterocycles. The molecule has 0 radical (unpaired) electrons. The molecule has 0 heterocycles. The summed E-state index contributed by atoms with van der Waals surface area (Å²) in [4.78, 5) is 35.2. The van der Waals surface area contributed by atoms with E-state index in [1.54, 1.807) is 0 Å². The van der Waals surface area contributed by atoms with Crippen LogP contribution in [-0.4, -0.2) is 30.5 Å². The summed E-state index contributed by atoms with van der Waals surface area (Å²) >= 11 is 0. The van der Waals surface area contributed by atoms with Crippen LogP contribution >= 0.6 is 0 Å². The molecule has 7 nitrogen and oxygen atoms in total. The van der Waals surface area contributed by atoms with Crippen LogP contribution in [0.5, 0.6) is 5.75 Å². The molecular formula is C18H16F2N2O5. The van der Waals surface area contributed by atoms with Gasteiger partial charge in [0.05, 0.1) is 5.56 Å². The van der Waals surface area contributed by atoms with E-state index in [9.17, 15) is 23.2 Å². The van der Waals surface area contributed by atoms with Gasteiger partial charge in [-0.1, -0.05) is 6.07 Å². The number of carbonyl (C=O) groups excluding carboxylic acids is 3. The topological polar surface area (TPSA) is 108 Å². The molecule has 2 rings (SSSR count). The van der Waals surface area contributed by atoms with E-state index < -0.39 is 30.5 Å². The van der Waals surface area contributed by atoms with Crippen LogP contribution in [-0.2, 0) is 9.53 Å². The number of anilines is 1. The minimum absolute atomic E-state index is 0.0430. The number of primary amides is 1. The van der Waals surface area contributed by atoms with Crippen LogP contribution in [0.15, 0.2) is 48.5 Å². The Morgan fingerprint density at radius 3 is 2.30 bits per heavy atom. The van der Waals surface area contributed by atoms with Crippen LogP contribution in [0.1, 0.15) is 27.6 Å². The number of benzene rings is 2. The fourth-order valence-corrected chi connectivity index (χ4v) is 2.04. The maximum Gasteiger partial charge on any atom is 0.387 e. The number of alkyl halides is 2. The number of nitrogens with two attached hydrogens (primary N) is 1. The lowest BCUT2D eigenvalue weighted by molar-refractivity contribution is -0.123. The van der Waals surface area contributed by atoms with E-state index in [0.29, 0.717) is 5.69 Å². The zero-order valence-corrected chi connectivity index (χ0v) is 14.1. The van der Waals surface area contributed by atoms with Crippen molar-refractivity contribution in [1.82, 2.24) is 0 Å². The van der Waals surface area contributed by atoms with Gasteiger partial charge in [-0.3, -0.25) is 9.59 Å². The second kappa shape index (κ2) is 8.75. The van der Waals surface area contributed by atoms with Crippen LogP contribution in [0.2, 0.25) is 0 Å². The summed E-state index contributed by atoms with van der Waals surface area (Å²) in [5.41, 5.74) is 5.73. The summed E-state index contributed by atoms with van der Waals surface area (Å²) in [5.74, 6) is -2.30. The molecule has 0 spiro atoms. The van der Waals surface area contributed by atoms with E-state index in [1.165, 1.54) is 49.4 Å². The van der Waals surface area contributed by atoms with Crippen molar-refractivity contribution < 1.29 is 32.6 Å². The molecule has 0 saturated carbocycles. The van der Waals surface area contributed by atoms with E-state index in [4.69, 9.17) is 10.5 Å². The summed E-state index contributed by atoms with van der Waals surface area (Å²) in [5, 5.41) is 2.51. The van der Waals surface area contributed by atoms with Gasteiger partial charge in [-0.15, -0.1) is 0 Å². The second-order valence-electron chi connectivity index (χ2n) is 5.38. The first kappa shape index (κ1) is 19.8. The Hall–Kier alpha value is -3.49. The predicted octanol–water partition coefficient (Wildman–Crippen LogP) is 2.57. The molecule has 0 bridgehead atoms. The maximum atomic E-state index is 12.2. The average molecular weight is 378 g/mol. The van der Waals surface area contributed by atoms with Crippen molar-refractivity contribution in [2.75, 3.05) is 5.32 Å². The lowest BCUT2D eigenvalue weighted by Gasteiger charge is -2.14. The Bertz CT molecular complexity index is 840. The molecule has 0 saturated heterocycles. The number of nitrogens with one attached hydrogen (secondary N) is 1. The van der Waals surface area contributed by atoms with E-state index >= 15 is 0 Å². The van der Waals surface area contributed by atoms with Crippen LogP contribution in [0.25, 0.3) is 0 Å². The molecule has 0 aliphatic heterocycles. The van der Waals surface area contributed by atoms with Gasteiger partial charge in [-0.2, -0.15) is 8.78 Å². The standard InChI is InChI=1S/C18H16F2N2O5/c1-10(16(24)22-13-7-5-11(6-8-13)15(21)23)26-17(25)12-3-2-4-14(9-12)27-18(19)20/h2-10,18H,1H3,(H2,21,23)(H,22,24)/t10-/m1/s1. The van der Waals surface area contributed by atoms with Gasteiger partial charge in [0.2, 0.25) is 5.91 Å². The lowest BCUT2D eigenvalue weighted by atomic mass is 10.2. The van der Waals surface area contributed by atoms with Crippen LogP contribution in [0.4, 0.5) is 14.5 Å². The highest BCUT2D eigenvalue weighted by Gasteiger charge is 2.20. The third kappa shape index (κ3) is 5.77. The molecule has 3 N–H and O–H groups in total. The molecule has 2 aromatic carbocycles. The van der Waals surface area contributed by atoms with Gasteiger partial charge in [0.15, 0.2) is 6.10 Å². The summed E-state index contributed by atoms with van der Waals surface area (Å²) in [6.45, 7) is -1.67. The number of hydrogen-bond acceptors (Lipinski definition) is 5. The number of carbonyl (C=O) groups is 3. The van der Waals surface area contributed by atoms with E-state index in [2.05, 4.69) is 10.1 Å². The molecule has 0 unspecified atom stereocenters. The first-order valence-corrected chi connectivity index (χ1v) is 7.73.